The molecule has 1 aromatic carbocycles. The second-order valence-electron chi connectivity index (χ2n) is 4.82. The van der Waals surface area contributed by atoms with Crippen molar-refractivity contribution in [2.45, 2.75) is 26.4 Å². The van der Waals surface area contributed by atoms with E-state index in [9.17, 15) is 14.3 Å². The highest BCUT2D eigenvalue weighted by atomic mass is 32.1. The molecule has 0 saturated carbocycles. The van der Waals surface area contributed by atoms with Gasteiger partial charge in [-0.15, -0.1) is 11.3 Å². The minimum absolute atomic E-state index is 0.0157. The van der Waals surface area contributed by atoms with Gasteiger partial charge in [-0.05, 0) is 31.0 Å². The van der Waals surface area contributed by atoms with E-state index < -0.39 is 11.9 Å². The number of aliphatic hydroxyl groups excluding tert-OH is 1. The fourth-order valence-corrected chi connectivity index (χ4v) is 3.14. The first-order valence-corrected chi connectivity index (χ1v) is 7.64. The zero-order valence-corrected chi connectivity index (χ0v) is 12.8. The molecule has 1 aromatic heterocycles. The Bertz CT molecular complexity index is 639. The highest BCUT2D eigenvalue weighted by molar-refractivity contribution is 7.14. The Hall–Kier alpha value is -1.72. The lowest BCUT2D eigenvalue weighted by atomic mass is 10.1. The molecule has 0 fully saturated rings. The van der Waals surface area contributed by atoms with Crippen LogP contribution in [0.1, 0.15) is 38.7 Å². The van der Waals surface area contributed by atoms with Crippen LogP contribution in [0.5, 0.6) is 0 Å². The van der Waals surface area contributed by atoms with Crippen LogP contribution in [0.3, 0.4) is 0 Å². The standard InChI is InChI=1S/C16H18FNO2S/c1-3-14-10(2)8-15(21-14)16(20)18-9-13(19)11-6-4-5-7-12(11)17/h4-8,13,19H,3,9H2,1-2H3,(H,18,20). The van der Waals surface area contributed by atoms with Crippen LogP contribution in [0.4, 0.5) is 4.39 Å². The lowest BCUT2D eigenvalue weighted by molar-refractivity contribution is 0.0918. The predicted molar refractivity (Wildman–Crippen MR) is 82.1 cm³/mol. The molecular weight excluding hydrogens is 289 g/mol. The first-order valence-electron chi connectivity index (χ1n) is 6.83. The van der Waals surface area contributed by atoms with Gasteiger partial charge >= 0.3 is 0 Å². The second-order valence-corrected chi connectivity index (χ2v) is 5.95. The Morgan fingerprint density at radius 3 is 2.76 bits per heavy atom. The van der Waals surface area contributed by atoms with Crippen LogP contribution in [0.15, 0.2) is 30.3 Å². The molecule has 1 heterocycles. The number of carbonyl (C=O) groups excluding carboxylic acids is 1. The average Bonchev–Trinajstić information content (AvgIpc) is 2.86. The lowest BCUT2D eigenvalue weighted by Gasteiger charge is -2.12. The summed E-state index contributed by atoms with van der Waals surface area (Å²) >= 11 is 1.45. The van der Waals surface area contributed by atoms with Gasteiger partial charge in [0.2, 0.25) is 0 Å². The first-order chi connectivity index (χ1) is 10.0. The van der Waals surface area contributed by atoms with E-state index in [1.165, 1.54) is 28.3 Å². The van der Waals surface area contributed by atoms with E-state index in [1.54, 1.807) is 12.1 Å². The molecular formula is C16H18FNO2S. The largest absolute Gasteiger partial charge is 0.386 e. The highest BCUT2D eigenvalue weighted by Crippen LogP contribution is 2.22. The van der Waals surface area contributed by atoms with Gasteiger partial charge < -0.3 is 10.4 Å². The molecule has 0 aliphatic heterocycles. The van der Waals surface area contributed by atoms with E-state index in [0.717, 1.165) is 12.0 Å². The Labute approximate surface area is 127 Å². The normalized spacial score (nSPS) is 12.2. The topological polar surface area (TPSA) is 49.3 Å². The molecule has 0 aliphatic rings. The van der Waals surface area contributed by atoms with Crippen LogP contribution in [0.2, 0.25) is 0 Å². The van der Waals surface area contributed by atoms with Crippen LogP contribution in [-0.2, 0) is 6.42 Å². The first kappa shape index (κ1) is 15.7. The van der Waals surface area contributed by atoms with Crippen LogP contribution in [0.25, 0.3) is 0 Å². The lowest BCUT2D eigenvalue weighted by Crippen LogP contribution is -2.28. The number of rotatable bonds is 5. The summed E-state index contributed by atoms with van der Waals surface area (Å²) in [5.41, 5.74) is 1.29. The number of hydrogen-bond donors (Lipinski definition) is 2. The van der Waals surface area contributed by atoms with Crippen molar-refractivity contribution < 1.29 is 14.3 Å². The van der Waals surface area contributed by atoms with E-state index in [0.29, 0.717) is 4.88 Å². The van der Waals surface area contributed by atoms with E-state index in [4.69, 9.17) is 0 Å². The number of halogens is 1. The number of nitrogens with one attached hydrogen (secondary N) is 1. The van der Waals surface area contributed by atoms with Gasteiger partial charge in [0.1, 0.15) is 5.82 Å². The third kappa shape index (κ3) is 3.68. The molecule has 112 valence electrons. The molecule has 21 heavy (non-hydrogen) atoms. The molecule has 0 saturated heterocycles. The van der Waals surface area contributed by atoms with Crippen molar-refractivity contribution in [3.63, 3.8) is 0 Å². The summed E-state index contributed by atoms with van der Waals surface area (Å²) in [6.07, 6.45) is -0.163. The second kappa shape index (κ2) is 6.83. The number of aliphatic hydroxyl groups is 1. The Balaban J connectivity index is 1.99. The number of hydrogen-bond acceptors (Lipinski definition) is 3. The Morgan fingerprint density at radius 2 is 2.14 bits per heavy atom. The zero-order chi connectivity index (χ0) is 15.4. The molecule has 1 amide bonds. The summed E-state index contributed by atoms with van der Waals surface area (Å²) in [7, 11) is 0. The van der Waals surface area contributed by atoms with E-state index in [1.807, 2.05) is 19.9 Å². The molecule has 2 aromatic rings. The highest BCUT2D eigenvalue weighted by Gasteiger charge is 2.16. The number of amides is 1. The molecule has 2 rings (SSSR count). The van der Waals surface area contributed by atoms with Crippen molar-refractivity contribution in [2.24, 2.45) is 0 Å². The van der Waals surface area contributed by atoms with Gasteiger partial charge in [0.25, 0.3) is 5.91 Å². The maximum Gasteiger partial charge on any atom is 0.261 e. The average molecular weight is 307 g/mol. The van der Waals surface area contributed by atoms with Crippen LogP contribution in [0, 0.1) is 12.7 Å². The van der Waals surface area contributed by atoms with Gasteiger partial charge in [-0.2, -0.15) is 0 Å². The molecule has 0 radical (unpaired) electrons. The Morgan fingerprint density at radius 1 is 1.43 bits per heavy atom. The van der Waals surface area contributed by atoms with E-state index >= 15 is 0 Å². The molecule has 1 unspecified atom stereocenters. The third-order valence-electron chi connectivity index (χ3n) is 3.29. The van der Waals surface area contributed by atoms with Gasteiger partial charge in [-0.1, -0.05) is 25.1 Å². The minimum Gasteiger partial charge on any atom is -0.386 e. The molecule has 0 bridgehead atoms. The van der Waals surface area contributed by atoms with Gasteiger partial charge in [-0.25, -0.2) is 4.39 Å². The number of benzene rings is 1. The summed E-state index contributed by atoms with van der Waals surface area (Å²) in [6, 6.07) is 7.85. The van der Waals surface area contributed by atoms with Gasteiger partial charge in [0.05, 0.1) is 11.0 Å². The van der Waals surface area contributed by atoms with E-state index in [2.05, 4.69) is 5.32 Å². The quantitative estimate of drug-likeness (QED) is 0.891. The number of aryl methyl sites for hydroxylation is 2. The van der Waals surface area contributed by atoms with Gasteiger partial charge in [0.15, 0.2) is 0 Å². The molecule has 2 N–H and O–H groups in total. The van der Waals surface area contributed by atoms with Gasteiger partial charge in [0, 0.05) is 17.0 Å². The molecule has 1 atom stereocenters. The summed E-state index contributed by atoms with van der Waals surface area (Å²) in [5.74, 6) is -0.710. The number of thiophene rings is 1. The van der Waals surface area contributed by atoms with Crippen LogP contribution in [-0.4, -0.2) is 17.6 Å². The van der Waals surface area contributed by atoms with Crippen molar-refractivity contribution in [1.29, 1.82) is 0 Å². The van der Waals surface area contributed by atoms with Crippen molar-refractivity contribution in [3.8, 4) is 0 Å². The molecule has 0 spiro atoms. The fourth-order valence-electron chi connectivity index (χ4n) is 2.11. The zero-order valence-electron chi connectivity index (χ0n) is 12.0. The fraction of sp³-hybridized carbons (Fsp3) is 0.312. The molecule has 5 heteroatoms. The van der Waals surface area contributed by atoms with Crippen molar-refractivity contribution in [2.75, 3.05) is 6.54 Å². The maximum absolute atomic E-state index is 13.5. The summed E-state index contributed by atoms with van der Waals surface area (Å²) < 4.78 is 13.5. The smallest absolute Gasteiger partial charge is 0.261 e. The summed E-state index contributed by atoms with van der Waals surface area (Å²) in [5, 5.41) is 12.6. The van der Waals surface area contributed by atoms with Crippen molar-refractivity contribution in [3.05, 3.63) is 57.0 Å². The van der Waals surface area contributed by atoms with Gasteiger partial charge in [-0.3, -0.25) is 4.79 Å². The van der Waals surface area contributed by atoms with Crippen LogP contribution < -0.4 is 5.32 Å². The molecule has 3 nitrogen and oxygen atoms in total. The number of carbonyl (C=O) groups is 1. The van der Waals surface area contributed by atoms with Crippen LogP contribution >= 0.6 is 11.3 Å². The van der Waals surface area contributed by atoms with E-state index in [-0.39, 0.29) is 18.0 Å². The summed E-state index contributed by atoms with van der Waals surface area (Å²) in [4.78, 5) is 13.8. The Kier molecular flexibility index (Phi) is 5.09. The van der Waals surface area contributed by atoms with Crippen molar-refractivity contribution in [1.82, 2.24) is 5.32 Å². The summed E-state index contributed by atoms with van der Waals surface area (Å²) in [6.45, 7) is 4.00. The minimum atomic E-state index is -1.05. The predicted octanol–water partition coefficient (Wildman–Crippen LogP) is 3.22. The maximum atomic E-state index is 13.5. The monoisotopic (exact) mass is 307 g/mol. The molecule has 0 aliphatic carbocycles. The third-order valence-corrected chi connectivity index (χ3v) is 4.67. The van der Waals surface area contributed by atoms with Crippen molar-refractivity contribution >= 4 is 17.2 Å². The SMILES string of the molecule is CCc1sc(C(=O)NCC(O)c2ccccc2F)cc1C.